The lowest BCUT2D eigenvalue weighted by Crippen LogP contribution is -2.54. The van der Waals surface area contributed by atoms with Gasteiger partial charge < -0.3 is 15.1 Å². The Morgan fingerprint density at radius 2 is 2.00 bits per heavy atom. The van der Waals surface area contributed by atoms with Crippen molar-refractivity contribution in [3.05, 3.63) is 40.6 Å². The Bertz CT molecular complexity index is 906. The monoisotopic (exact) mass is 459 g/mol. The third kappa shape index (κ3) is 5.34. The summed E-state index contributed by atoms with van der Waals surface area (Å²) in [5.41, 5.74) is 0.387. The second kappa shape index (κ2) is 10.5. The molecule has 8 heteroatoms. The number of nitrogens with zero attached hydrogens (tertiary/aromatic N) is 2. The number of likely N-dealkylation sites (tertiary alicyclic amines) is 1. The Labute approximate surface area is 192 Å². The molecule has 2 saturated heterocycles. The van der Waals surface area contributed by atoms with E-state index in [0.29, 0.717) is 36.4 Å². The van der Waals surface area contributed by atoms with Gasteiger partial charge >= 0.3 is 0 Å². The summed E-state index contributed by atoms with van der Waals surface area (Å²) in [6, 6.07) is 6.45. The predicted octanol–water partition coefficient (Wildman–Crippen LogP) is 3.18. The van der Waals surface area contributed by atoms with Crippen molar-refractivity contribution in [1.29, 1.82) is 0 Å². The van der Waals surface area contributed by atoms with E-state index >= 15 is 0 Å². The number of benzene rings is 1. The number of carbonyl (C=O) groups is 3. The lowest BCUT2D eigenvalue weighted by atomic mass is 9.93. The SMILES string of the molecule is O=C(CN1C(=O)/C(=C/c2ccccc2F)SC2CCCCC21)NCCCN1CCCC1=O. The molecule has 172 valence electrons. The van der Waals surface area contributed by atoms with Crippen molar-refractivity contribution in [2.75, 3.05) is 26.2 Å². The van der Waals surface area contributed by atoms with Crippen molar-refractivity contribution in [3.63, 3.8) is 0 Å². The van der Waals surface area contributed by atoms with Gasteiger partial charge in [-0.25, -0.2) is 4.39 Å². The van der Waals surface area contributed by atoms with Gasteiger partial charge in [0.15, 0.2) is 0 Å². The minimum absolute atomic E-state index is 0.0117. The number of carbonyl (C=O) groups excluding carboxylic acids is 3. The summed E-state index contributed by atoms with van der Waals surface area (Å²) < 4.78 is 14.2. The molecule has 6 nitrogen and oxygen atoms in total. The number of fused-ring (bicyclic) bond motifs is 1. The zero-order valence-corrected chi connectivity index (χ0v) is 19.0. The molecule has 1 saturated carbocycles. The van der Waals surface area contributed by atoms with Gasteiger partial charge in [0, 0.05) is 42.9 Å². The van der Waals surface area contributed by atoms with Crippen LogP contribution in [-0.2, 0) is 14.4 Å². The molecule has 1 N–H and O–H groups in total. The Morgan fingerprint density at radius 1 is 1.19 bits per heavy atom. The van der Waals surface area contributed by atoms with E-state index < -0.39 is 0 Å². The summed E-state index contributed by atoms with van der Waals surface area (Å²) in [6.07, 6.45) is 7.86. The van der Waals surface area contributed by atoms with Crippen LogP contribution in [0, 0.1) is 5.82 Å². The molecule has 32 heavy (non-hydrogen) atoms. The van der Waals surface area contributed by atoms with Crippen LogP contribution < -0.4 is 5.32 Å². The Balaban J connectivity index is 1.38. The summed E-state index contributed by atoms with van der Waals surface area (Å²) in [6.45, 7) is 1.94. The Kier molecular flexibility index (Phi) is 7.50. The predicted molar refractivity (Wildman–Crippen MR) is 123 cm³/mol. The van der Waals surface area contributed by atoms with Crippen LogP contribution in [0.5, 0.6) is 0 Å². The van der Waals surface area contributed by atoms with Crippen LogP contribution in [0.2, 0.25) is 0 Å². The molecule has 0 spiro atoms. The molecular formula is C24H30FN3O3S. The summed E-state index contributed by atoms with van der Waals surface area (Å²) in [7, 11) is 0. The average Bonchev–Trinajstić information content (AvgIpc) is 3.20. The highest BCUT2D eigenvalue weighted by Gasteiger charge is 2.41. The van der Waals surface area contributed by atoms with E-state index in [4.69, 9.17) is 0 Å². The van der Waals surface area contributed by atoms with E-state index in [9.17, 15) is 18.8 Å². The van der Waals surface area contributed by atoms with Gasteiger partial charge in [0.1, 0.15) is 12.4 Å². The first kappa shape index (κ1) is 22.8. The first-order valence-corrected chi connectivity index (χ1v) is 12.4. The smallest absolute Gasteiger partial charge is 0.261 e. The molecule has 1 aromatic carbocycles. The topological polar surface area (TPSA) is 69.7 Å². The van der Waals surface area contributed by atoms with Crippen molar-refractivity contribution in [2.24, 2.45) is 0 Å². The molecule has 3 amide bonds. The number of rotatable bonds is 7. The molecule has 2 aliphatic heterocycles. The van der Waals surface area contributed by atoms with E-state index in [1.165, 1.54) is 17.8 Å². The molecular weight excluding hydrogens is 429 g/mol. The zero-order valence-electron chi connectivity index (χ0n) is 18.2. The third-order valence-electron chi connectivity index (χ3n) is 6.42. The van der Waals surface area contributed by atoms with Gasteiger partial charge in [0.25, 0.3) is 5.91 Å². The standard InChI is InChI=1S/C24H30FN3O3S/c25-18-8-2-1-7-17(18)15-21-24(31)28(19-9-3-4-10-20(19)32-21)16-22(29)26-12-6-14-27-13-5-11-23(27)30/h1-2,7-8,15,19-20H,3-6,9-14,16H2,(H,26,29)/b21-15-. The van der Waals surface area contributed by atoms with Gasteiger partial charge in [-0.3, -0.25) is 14.4 Å². The van der Waals surface area contributed by atoms with Crippen LogP contribution in [0.1, 0.15) is 50.5 Å². The Morgan fingerprint density at radius 3 is 2.78 bits per heavy atom. The molecule has 2 atom stereocenters. The average molecular weight is 460 g/mol. The molecule has 2 heterocycles. The first-order valence-electron chi connectivity index (χ1n) is 11.5. The maximum atomic E-state index is 14.2. The fourth-order valence-corrected chi connectivity index (χ4v) is 6.21. The molecule has 4 rings (SSSR count). The van der Waals surface area contributed by atoms with Crippen LogP contribution in [0.4, 0.5) is 4.39 Å². The summed E-state index contributed by atoms with van der Waals surface area (Å²) >= 11 is 1.53. The first-order chi connectivity index (χ1) is 15.5. The number of thioether (sulfide) groups is 1. The molecule has 3 aliphatic rings. The van der Waals surface area contributed by atoms with Crippen molar-refractivity contribution in [1.82, 2.24) is 15.1 Å². The highest BCUT2D eigenvalue weighted by molar-refractivity contribution is 8.04. The summed E-state index contributed by atoms with van der Waals surface area (Å²) in [4.78, 5) is 41.6. The third-order valence-corrected chi connectivity index (χ3v) is 7.82. The molecule has 1 aliphatic carbocycles. The zero-order chi connectivity index (χ0) is 22.5. The number of nitrogens with one attached hydrogen (secondary N) is 1. The van der Waals surface area contributed by atoms with E-state index in [0.717, 1.165) is 38.6 Å². The molecule has 0 aromatic heterocycles. The lowest BCUT2D eigenvalue weighted by Gasteiger charge is -2.43. The van der Waals surface area contributed by atoms with E-state index in [2.05, 4.69) is 5.32 Å². The van der Waals surface area contributed by atoms with Gasteiger partial charge in [-0.15, -0.1) is 11.8 Å². The number of hydrogen-bond donors (Lipinski definition) is 1. The molecule has 1 aromatic rings. The fourth-order valence-electron chi connectivity index (χ4n) is 4.74. The minimum Gasteiger partial charge on any atom is -0.354 e. The molecule has 0 radical (unpaired) electrons. The van der Waals surface area contributed by atoms with Crippen LogP contribution in [0.15, 0.2) is 29.2 Å². The van der Waals surface area contributed by atoms with Crippen molar-refractivity contribution in [2.45, 2.75) is 56.2 Å². The molecule has 2 unspecified atom stereocenters. The highest BCUT2D eigenvalue weighted by atomic mass is 32.2. The van der Waals surface area contributed by atoms with Crippen LogP contribution in [0.25, 0.3) is 6.08 Å². The van der Waals surface area contributed by atoms with E-state index in [-0.39, 0.29) is 41.4 Å². The van der Waals surface area contributed by atoms with Gasteiger partial charge in [-0.2, -0.15) is 0 Å². The Hall–Kier alpha value is -2.35. The van der Waals surface area contributed by atoms with Crippen LogP contribution >= 0.6 is 11.8 Å². The quantitative estimate of drug-likeness (QED) is 0.502. The van der Waals surface area contributed by atoms with Crippen LogP contribution in [0.3, 0.4) is 0 Å². The second-order valence-corrected chi connectivity index (χ2v) is 9.94. The summed E-state index contributed by atoms with van der Waals surface area (Å²) in [5.74, 6) is -0.558. The van der Waals surface area contributed by atoms with Crippen molar-refractivity contribution < 1.29 is 18.8 Å². The number of hydrogen-bond acceptors (Lipinski definition) is 4. The van der Waals surface area contributed by atoms with Gasteiger partial charge in [0.05, 0.1) is 4.91 Å². The van der Waals surface area contributed by atoms with Gasteiger partial charge in [-0.1, -0.05) is 31.0 Å². The molecule has 3 fully saturated rings. The maximum absolute atomic E-state index is 14.2. The maximum Gasteiger partial charge on any atom is 0.261 e. The normalized spacial score (nSPS) is 24.7. The molecule has 0 bridgehead atoms. The second-order valence-electron chi connectivity index (χ2n) is 8.66. The van der Waals surface area contributed by atoms with E-state index in [1.807, 2.05) is 4.90 Å². The van der Waals surface area contributed by atoms with Crippen molar-refractivity contribution in [3.8, 4) is 0 Å². The number of amides is 3. The lowest BCUT2D eigenvalue weighted by molar-refractivity contribution is -0.135. The largest absolute Gasteiger partial charge is 0.354 e. The van der Waals surface area contributed by atoms with Crippen LogP contribution in [-0.4, -0.2) is 65.0 Å². The number of halogens is 1. The van der Waals surface area contributed by atoms with Gasteiger partial charge in [0.2, 0.25) is 11.8 Å². The fraction of sp³-hybridized carbons (Fsp3) is 0.542. The minimum atomic E-state index is -0.361. The van der Waals surface area contributed by atoms with E-state index in [1.54, 1.807) is 29.2 Å². The van der Waals surface area contributed by atoms with Crippen molar-refractivity contribution >= 4 is 35.6 Å². The van der Waals surface area contributed by atoms with Gasteiger partial charge in [-0.05, 0) is 37.8 Å². The summed E-state index contributed by atoms with van der Waals surface area (Å²) in [5, 5.41) is 3.13. The highest BCUT2D eigenvalue weighted by Crippen LogP contribution is 2.42.